The van der Waals surface area contributed by atoms with E-state index in [0.29, 0.717) is 24.5 Å². The molecule has 1 atom stereocenters. The number of aromatic nitrogens is 2. The van der Waals surface area contributed by atoms with Gasteiger partial charge in [0.1, 0.15) is 11.9 Å². The quantitative estimate of drug-likeness (QED) is 0.247. The van der Waals surface area contributed by atoms with Gasteiger partial charge in [-0.25, -0.2) is 14.4 Å². The minimum Gasteiger partial charge on any atom is -0.487 e. The van der Waals surface area contributed by atoms with E-state index in [1.165, 1.54) is 0 Å². The number of alkyl halides is 6. The Labute approximate surface area is 253 Å². The summed E-state index contributed by atoms with van der Waals surface area (Å²) in [5.41, 5.74) is 3.74. The first kappa shape index (κ1) is 36.4. The number of carbonyl (C=O) groups excluding carboxylic acids is 1. The Kier molecular flexibility index (Phi) is 13.2. The minimum atomic E-state index is -5.08. The van der Waals surface area contributed by atoms with Crippen molar-refractivity contribution in [2.75, 3.05) is 32.0 Å². The van der Waals surface area contributed by atoms with E-state index in [9.17, 15) is 31.1 Å². The van der Waals surface area contributed by atoms with Crippen molar-refractivity contribution in [2.24, 2.45) is 0 Å². The fourth-order valence-electron chi connectivity index (χ4n) is 3.81. The zero-order valence-corrected chi connectivity index (χ0v) is 24.0. The summed E-state index contributed by atoms with van der Waals surface area (Å²) >= 11 is 0. The van der Waals surface area contributed by atoms with Crippen LogP contribution in [0.4, 0.5) is 36.8 Å². The highest BCUT2D eigenvalue weighted by atomic mass is 19.4. The van der Waals surface area contributed by atoms with Crippen LogP contribution in [-0.4, -0.2) is 93.3 Å². The van der Waals surface area contributed by atoms with Gasteiger partial charge < -0.3 is 30.1 Å². The summed E-state index contributed by atoms with van der Waals surface area (Å²) in [5.74, 6) is -4.83. The van der Waals surface area contributed by atoms with E-state index in [-0.39, 0.29) is 12.1 Å². The van der Waals surface area contributed by atoms with Crippen molar-refractivity contribution >= 4 is 23.7 Å². The number of amides is 2. The lowest BCUT2D eigenvalue weighted by Crippen LogP contribution is -2.34. The number of halogens is 6. The molecule has 45 heavy (non-hydrogen) atoms. The molecule has 1 aromatic heterocycles. The number of hydrogen-bond acceptors (Lipinski definition) is 6. The lowest BCUT2D eigenvalue weighted by Gasteiger charge is -2.23. The standard InChI is InChI=1S/C24H29N5O2.2C2HF3O2/c1-3-29(16-18-7-5-4-6-8-18)24(30)27-22-10-9-19(20-14-25-26-15-20)13-23(22)31-21-11-12-28(2)17-21;2*3-2(4,5)1(6)7/h4-10,13-15,21H,3,11-12,16-17H2,1-2H3,(H,25,26)(H,27,30);2*(H,6,7)/t21-;;/m1../s1. The number of carboxylic acid groups (broad SMARTS) is 2. The Morgan fingerprint density at radius 3 is 2.09 bits per heavy atom. The third-order valence-electron chi connectivity index (χ3n) is 6.07. The van der Waals surface area contributed by atoms with Crippen LogP contribution in [0.2, 0.25) is 0 Å². The number of rotatable bonds is 7. The number of ether oxygens (including phenoxy) is 1. The topological polar surface area (TPSA) is 148 Å². The maximum Gasteiger partial charge on any atom is 0.490 e. The molecule has 0 aliphatic carbocycles. The van der Waals surface area contributed by atoms with E-state index < -0.39 is 24.3 Å². The lowest BCUT2D eigenvalue weighted by atomic mass is 10.1. The molecule has 2 aromatic carbocycles. The highest BCUT2D eigenvalue weighted by Crippen LogP contribution is 2.33. The first-order valence-electron chi connectivity index (χ1n) is 13.2. The predicted octanol–water partition coefficient (Wildman–Crippen LogP) is 5.48. The Morgan fingerprint density at radius 1 is 1.02 bits per heavy atom. The van der Waals surface area contributed by atoms with Gasteiger partial charge in [-0.3, -0.25) is 5.10 Å². The van der Waals surface area contributed by atoms with E-state index in [1.54, 1.807) is 11.1 Å². The number of benzene rings is 2. The van der Waals surface area contributed by atoms with Gasteiger partial charge in [0.05, 0.1) is 11.9 Å². The van der Waals surface area contributed by atoms with Gasteiger partial charge in [-0.1, -0.05) is 36.4 Å². The van der Waals surface area contributed by atoms with Crippen molar-refractivity contribution in [3.05, 3.63) is 66.5 Å². The number of likely N-dealkylation sites (N-methyl/N-ethyl adjacent to an activating group) is 1. The summed E-state index contributed by atoms with van der Waals surface area (Å²) in [6.45, 7) is 5.03. The first-order valence-corrected chi connectivity index (χ1v) is 13.2. The molecule has 4 N–H and O–H groups in total. The Balaban J connectivity index is 0.000000421. The monoisotopic (exact) mass is 647 g/mol. The van der Waals surface area contributed by atoms with E-state index >= 15 is 0 Å². The molecule has 17 heteroatoms. The van der Waals surface area contributed by atoms with Gasteiger partial charge in [0, 0.05) is 37.9 Å². The molecule has 246 valence electrons. The molecule has 0 spiro atoms. The summed E-state index contributed by atoms with van der Waals surface area (Å²) in [6, 6.07) is 15.7. The smallest absolute Gasteiger partial charge is 0.487 e. The SMILES string of the molecule is CCN(Cc1ccccc1)C(=O)Nc1ccc(-c2cn[nH]c2)cc1O[C@@H]1CCN(C)C1.O=C(O)C(F)(F)F.O=C(O)C(F)(F)F. The number of anilines is 1. The molecular formula is C28H31F6N5O6. The van der Waals surface area contributed by atoms with Gasteiger partial charge in [-0.2, -0.15) is 31.4 Å². The second-order valence-electron chi connectivity index (χ2n) is 9.52. The second kappa shape index (κ2) is 16.3. The molecule has 1 fully saturated rings. The summed E-state index contributed by atoms with van der Waals surface area (Å²) in [6.07, 6.45) is -5.47. The highest BCUT2D eigenvalue weighted by molar-refractivity contribution is 5.91. The van der Waals surface area contributed by atoms with Crippen LogP contribution in [-0.2, 0) is 16.1 Å². The highest BCUT2D eigenvalue weighted by Gasteiger charge is 2.38. The molecule has 4 rings (SSSR count). The van der Waals surface area contributed by atoms with Crippen molar-refractivity contribution in [1.29, 1.82) is 0 Å². The van der Waals surface area contributed by atoms with Crippen LogP contribution in [0.1, 0.15) is 18.9 Å². The summed E-state index contributed by atoms with van der Waals surface area (Å²) in [4.78, 5) is 34.9. The number of hydrogen-bond donors (Lipinski definition) is 4. The molecule has 3 aromatic rings. The van der Waals surface area contributed by atoms with Gasteiger partial charge in [0.25, 0.3) is 0 Å². The molecule has 0 radical (unpaired) electrons. The first-order chi connectivity index (χ1) is 21.0. The Bertz CT molecular complexity index is 1360. The minimum absolute atomic E-state index is 0.104. The summed E-state index contributed by atoms with van der Waals surface area (Å²) in [5, 5.41) is 24.2. The van der Waals surface area contributed by atoms with Gasteiger partial charge >= 0.3 is 30.3 Å². The normalized spacial score (nSPS) is 14.7. The number of urea groups is 1. The summed E-state index contributed by atoms with van der Waals surface area (Å²) < 4.78 is 69.8. The van der Waals surface area contributed by atoms with Gasteiger partial charge in [-0.05, 0) is 43.7 Å². The van der Waals surface area contributed by atoms with E-state index in [4.69, 9.17) is 24.5 Å². The molecule has 1 aliphatic rings. The maximum absolute atomic E-state index is 13.0. The third-order valence-corrected chi connectivity index (χ3v) is 6.07. The van der Waals surface area contributed by atoms with Gasteiger partial charge in [0.2, 0.25) is 0 Å². The largest absolute Gasteiger partial charge is 0.490 e. The van der Waals surface area contributed by atoms with Gasteiger partial charge in [0.15, 0.2) is 0 Å². The zero-order valence-electron chi connectivity index (χ0n) is 24.0. The molecule has 0 saturated carbocycles. The Morgan fingerprint density at radius 2 is 1.62 bits per heavy atom. The van der Waals surface area contributed by atoms with Crippen molar-refractivity contribution in [3.63, 3.8) is 0 Å². The number of aromatic amines is 1. The molecule has 2 heterocycles. The number of nitrogens with zero attached hydrogens (tertiary/aromatic N) is 3. The third kappa shape index (κ3) is 12.4. The van der Waals surface area contributed by atoms with Crippen LogP contribution >= 0.6 is 0 Å². The average Bonchev–Trinajstić information content (AvgIpc) is 3.65. The number of carbonyl (C=O) groups is 3. The van der Waals surface area contributed by atoms with Crippen LogP contribution in [0.15, 0.2) is 60.9 Å². The van der Waals surface area contributed by atoms with E-state index in [1.807, 2.05) is 61.7 Å². The number of aliphatic carboxylic acids is 2. The van der Waals surface area contributed by atoms with Crippen molar-refractivity contribution in [1.82, 2.24) is 20.0 Å². The molecule has 0 unspecified atom stereocenters. The maximum atomic E-state index is 13.0. The van der Waals surface area contributed by atoms with Crippen molar-refractivity contribution < 1.29 is 55.7 Å². The number of carboxylic acids is 2. The van der Waals surface area contributed by atoms with Gasteiger partial charge in [-0.15, -0.1) is 0 Å². The van der Waals surface area contributed by atoms with Crippen LogP contribution < -0.4 is 10.1 Å². The van der Waals surface area contributed by atoms with E-state index in [0.717, 1.165) is 36.2 Å². The molecular weight excluding hydrogens is 616 g/mol. The van der Waals surface area contributed by atoms with Crippen LogP contribution in [0, 0.1) is 0 Å². The molecule has 11 nitrogen and oxygen atoms in total. The molecule has 1 aliphatic heterocycles. The fraction of sp³-hybridized carbons (Fsp3) is 0.357. The average molecular weight is 648 g/mol. The van der Waals surface area contributed by atoms with Crippen molar-refractivity contribution in [3.8, 4) is 16.9 Å². The number of H-pyrrole nitrogens is 1. The zero-order chi connectivity index (χ0) is 33.8. The number of nitrogens with one attached hydrogen (secondary N) is 2. The molecule has 0 bridgehead atoms. The number of likely N-dealkylation sites (tertiary alicyclic amines) is 1. The molecule has 1 saturated heterocycles. The van der Waals surface area contributed by atoms with Crippen LogP contribution in [0.5, 0.6) is 5.75 Å². The predicted molar refractivity (Wildman–Crippen MR) is 149 cm³/mol. The van der Waals surface area contributed by atoms with E-state index in [2.05, 4.69) is 27.5 Å². The van der Waals surface area contributed by atoms with Crippen LogP contribution in [0.3, 0.4) is 0 Å². The second-order valence-corrected chi connectivity index (χ2v) is 9.52. The van der Waals surface area contributed by atoms with Crippen LogP contribution in [0.25, 0.3) is 11.1 Å². The molecule has 2 amide bonds. The summed E-state index contributed by atoms with van der Waals surface area (Å²) in [7, 11) is 2.09. The Hall–Kier alpha value is -4.80. The fourth-order valence-corrected chi connectivity index (χ4v) is 3.81. The van der Waals surface area contributed by atoms with Crippen molar-refractivity contribution in [2.45, 2.75) is 38.3 Å². The lowest BCUT2D eigenvalue weighted by molar-refractivity contribution is -0.193.